The Morgan fingerprint density at radius 1 is 0.788 bits per heavy atom. The molecule has 3 nitrogen and oxygen atoms in total. The lowest BCUT2D eigenvalue weighted by Gasteiger charge is -2.29. The number of benzene rings is 3. The molecule has 3 aromatic carbocycles. The standard InChI is InChI=1S/C29H37N3Si/c1-30-29(19-24-13-7-5-8-14-24)32-22-26(27-17-11-12-18-28(27)32)21-31(23-33(2,3)4)20-25-15-9-6-10-16-25/h5-18,22,29-30H,19-21,23H2,1-4H3. The van der Waals surface area contributed by atoms with E-state index in [1.807, 2.05) is 0 Å². The van der Waals surface area contributed by atoms with Gasteiger partial charge in [-0.15, -0.1) is 0 Å². The normalized spacial score (nSPS) is 13.0. The summed E-state index contributed by atoms with van der Waals surface area (Å²) in [5.41, 5.74) is 5.45. The zero-order valence-electron chi connectivity index (χ0n) is 20.5. The monoisotopic (exact) mass is 455 g/mol. The van der Waals surface area contributed by atoms with Gasteiger partial charge in [0.15, 0.2) is 0 Å². The van der Waals surface area contributed by atoms with Crippen molar-refractivity contribution in [3.05, 3.63) is 108 Å². The van der Waals surface area contributed by atoms with Crippen LogP contribution in [0, 0.1) is 0 Å². The Kier molecular flexibility index (Phi) is 7.48. The first kappa shape index (κ1) is 23.5. The van der Waals surface area contributed by atoms with Gasteiger partial charge < -0.3 is 4.57 Å². The first-order valence-corrected chi connectivity index (χ1v) is 15.7. The van der Waals surface area contributed by atoms with E-state index in [-0.39, 0.29) is 6.17 Å². The quantitative estimate of drug-likeness (QED) is 0.276. The molecule has 0 aliphatic carbocycles. The third-order valence-corrected chi connectivity index (χ3v) is 7.50. The molecular formula is C29H37N3Si. The van der Waals surface area contributed by atoms with Crippen molar-refractivity contribution in [2.75, 3.05) is 13.2 Å². The number of fused-ring (bicyclic) bond motifs is 1. The lowest BCUT2D eigenvalue weighted by Crippen LogP contribution is -2.39. The lowest BCUT2D eigenvalue weighted by atomic mass is 10.1. The third-order valence-electron chi connectivity index (χ3n) is 6.10. The molecular weight excluding hydrogens is 418 g/mol. The van der Waals surface area contributed by atoms with Crippen LogP contribution in [-0.2, 0) is 19.5 Å². The molecule has 4 aromatic rings. The molecule has 0 fully saturated rings. The van der Waals surface area contributed by atoms with Gasteiger partial charge in [0.05, 0.1) is 14.2 Å². The smallest absolute Gasteiger partial charge is 0.0878 e. The van der Waals surface area contributed by atoms with Gasteiger partial charge in [0.25, 0.3) is 0 Å². The number of likely N-dealkylation sites (N-methyl/N-ethyl adjacent to an activating group) is 1. The maximum Gasteiger partial charge on any atom is 0.0878 e. The number of nitrogens with zero attached hydrogens (tertiary/aromatic N) is 2. The summed E-state index contributed by atoms with van der Waals surface area (Å²) in [6.45, 7) is 9.35. The van der Waals surface area contributed by atoms with Crippen LogP contribution in [0.1, 0.15) is 22.9 Å². The zero-order valence-corrected chi connectivity index (χ0v) is 21.5. The number of rotatable bonds is 10. The molecule has 0 radical (unpaired) electrons. The van der Waals surface area contributed by atoms with Crippen molar-refractivity contribution in [2.45, 2.75) is 45.3 Å². The van der Waals surface area contributed by atoms with Crippen LogP contribution in [0.3, 0.4) is 0 Å². The maximum atomic E-state index is 3.56. The molecule has 1 atom stereocenters. The fourth-order valence-corrected chi connectivity index (χ4v) is 6.32. The molecule has 172 valence electrons. The second-order valence-electron chi connectivity index (χ2n) is 10.3. The average molecular weight is 456 g/mol. The number of para-hydroxylation sites is 1. The van der Waals surface area contributed by atoms with E-state index in [0.29, 0.717) is 0 Å². The lowest BCUT2D eigenvalue weighted by molar-refractivity contribution is 0.296. The van der Waals surface area contributed by atoms with Gasteiger partial charge in [-0.25, -0.2) is 0 Å². The first-order chi connectivity index (χ1) is 15.9. The summed E-state index contributed by atoms with van der Waals surface area (Å²) < 4.78 is 2.44. The number of nitrogens with one attached hydrogen (secondary N) is 1. The van der Waals surface area contributed by atoms with Crippen LogP contribution < -0.4 is 5.32 Å². The largest absolute Gasteiger partial charge is 0.331 e. The predicted molar refractivity (Wildman–Crippen MR) is 144 cm³/mol. The minimum Gasteiger partial charge on any atom is -0.331 e. The fourth-order valence-electron chi connectivity index (χ4n) is 4.76. The Balaban J connectivity index is 1.66. The topological polar surface area (TPSA) is 20.2 Å². The summed E-state index contributed by atoms with van der Waals surface area (Å²) in [6.07, 6.45) is 4.74. The summed E-state index contributed by atoms with van der Waals surface area (Å²) >= 11 is 0. The highest BCUT2D eigenvalue weighted by Gasteiger charge is 2.22. The Labute approximate surface area is 200 Å². The second kappa shape index (κ2) is 10.5. The molecule has 0 spiro atoms. The van der Waals surface area contributed by atoms with Crippen LogP contribution in [0.5, 0.6) is 0 Å². The number of aromatic nitrogens is 1. The van der Waals surface area contributed by atoms with E-state index in [9.17, 15) is 0 Å². The Bertz CT molecular complexity index is 1150. The van der Waals surface area contributed by atoms with E-state index >= 15 is 0 Å². The highest BCUT2D eigenvalue weighted by atomic mass is 28.3. The van der Waals surface area contributed by atoms with Gasteiger partial charge in [-0.05, 0) is 36.0 Å². The van der Waals surface area contributed by atoms with Crippen molar-refractivity contribution < 1.29 is 0 Å². The van der Waals surface area contributed by atoms with Crippen LogP contribution >= 0.6 is 0 Å². The molecule has 1 unspecified atom stereocenters. The van der Waals surface area contributed by atoms with E-state index in [2.05, 4.69) is 133 Å². The highest BCUT2D eigenvalue weighted by molar-refractivity contribution is 6.76. The molecule has 0 bridgehead atoms. The van der Waals surface area contributed by atoms with Crippen LogP contribution in [0.25, 0.3) is 10.9 Å². The van der Waals surface area contributed by atoms with E-state index in [1.54, 1.807) is 0 Å². The summed E-state index contributed by atoms with van der Waals surface area (Å²) in [4.78, 5) is 2.65. The molecule has 0 aliphatic rings. The molecule has 33 heavy (non-hydrogen) atoms. The summed E-state index contributed by atoms with van der Waals surface area (Å²) in [5, 5.41) is 4.92. The van der Waals surface area contributed by atoms with Gasteiger partial charge >= 0.3 is 0 Å². The Hall–Kier alpha value is -2.66. The molecule has 1 aromatic heterocycles. The third kappa shape index (κ3) is 6.23. The molecule has 1 N–H and O–H groups in total. The van der Waals surface area contributed by atoms with Gasteiger partial charge in [0.2, 0.25) is 0 Å². The van der Waals surface area contributed by atoms with Crippen molar-refractivity contribution in [2.24, 2.45) is 0 Å². The highest BCUT2D eigenvalue weighted by Crippen LogP contribution is 2.27. The Morgan fingerprint density at radius 2 is 1.39 bits per heavy atom. The van der Waals surface area contributed by atoms with Gasteiger partial charge in [0.1, 0.15) is 0 Å². The SMILES string of the molecule is CNC(Cc1ccccc1)n1cc(CN(Cc2ccccc2)C[Si](C)(C)C)c2ccccc21. The van der Waals surface area contributed by atoms with Gasteiger partial charge in [0, 0.05) is 36.6 Å². The van der Waals surface area contributed by atoms with E-state index < -0.39 is 8.07 Å². The fraction of sp³-hybridized carbons (Fsp3) is 0.310. The maximum absolute atomic E-state index is 3.56. The number of hydrogen-bond acceptors (Lipinski definition) is 2. The van der Waals surface area contributed by atoms with Gasteiger partial charge in [-0.2, -0.15) is 0 Å². The minimum absolute atomic E-state index is 0.214. The van der Waals surface area contributed by atoms with Crippen LogP contribution in [-0.4, -0.2) is 30.8 Å². The second-order valence-corrected chi connectivity index (χ2v) is 15.7. The molecule has 0 saturated carbocycles. The van der Waals surface area contributed by atoms with Gasteiger partial charge in [-0.1, -0.05) is 98.5 Å². The molecule has 0 saturated heterocycles. The van der Waals surface area contributed by atoms with Crippen molar-refractivity contribution in [1.29, 1.82) is 0 Å². The van der Waals surface area contributed by atoms with Crippen molar-refractivity contribution in [3.63, 3.8) is 0 Å². The molecule has 0 aliphatic heterocycles. The Morgan fingerprint density at radius 3 is 2.03 bits per heavy atom. The van der Waals surface area contributed by atoms with Crippen LogP contribution in [0.4, 0.5) is 0 Å². The minimum atomic E-state index is -1.26. The summed E-state index contributed by atoms with van der Waals surface area (Å²) in [6, 6.07) is 30.5. The zero-order chi connectivity index (χ0) is 23.3. The predicted octanol–water partition coefficient (Wildman–Crippen LogP) is 6.48. The molecule has 1 heterocycles. The first-order valence-electron chi connectivity index (χ1n) is 12.0. The molecule has 4 heteroatoms. The van der Waals surface area contributed by atoms with E-state index in [4.69, 9.17) is 0 Å². The summed E-state index contributed by atoms with van der Waals surface area (Å²) in [7, 11) is 0.803. The van der Waals surface area contributed by atoms with Crippen molar-refractivity contribution in [3.8, 4) is 0 Å². The van der Waals surface area contributed by atoms with Gasteiger partial charge in [-0.3, -0.25) is 10.2 Å². The number of hydrogen-bond donors (Lipinski definition) is 1. The van der Waals surface area contributed by atoms with E-state index in [1.165, 1.54) is 33.8 Å². The van der Waals surface area contributed by atoms with Crippen LogP contribution in [0.2, 0.25) is 19.6 Å². The molecule has 0 amide bonds. The van der Waals surface area contributed by atoms with Crippen molar-refractivity contribution in [1.82, 2.24) is 14.8 Å². The average Bonchev–Trinajstić information content (AvgIpc) is 3.16. The summed E-state index contributed by atoms with van der Waals surface area (Å²) in [5.74, 6) is 0. The van der Waals surface area contributed by atoms with Crippen LogP contribution in [0.15, 0.2) is 91.1 Å². The molecule has 4 rings (SSSR count). The van der Waals surface area contributed by atoms with Crippen molar-refractivity contribution >= 4 is 19.0 Å². The van der Waals surface area contributed by atoms with E-state index in [0.717, 1.165) is 19.5 Å².